The van der Waals surface area contributed by atoms with Crippen molar-refractivity contribution >= 4 is 21.4 Å². The highest BCUT2D eigenvalue weighted by molar-refractivity contribution is 7.20. The van der Waals surface area contributed by atoms with Crippen molar-refractivity contribution in [3.8, 4) is 6.07 Å². The van der Waals surface area contributed by atoms with Crippen LogP contribution in [0.15, 0.2) is 17.1 Å². The average molecular weight is 275 g/mol. The minimum Gasteiger partial charge on any atom is -0.342 e. The standard InChI is InChI=1S/C12H13N5OS/c1-8(6-13)7-16(9-2-3-9)12-15-17-10(18)4-5-14-11(17)19-12/h4-5,8-9H,2-3,7H2,1H3/t8-/m0/s1. The lowest BCUT2D eigenvalue weighted by atomic mass is 10.2. The Balaban J connectivity index is 1.98. The summed E-state index contributed by atoms with van der Waals surface area (Å²) in [6, 6.07) is 4.09. The summed E-state index contributed by atoms with van der Waals surface area (Å²) in [5.74, 6) is -0.0581. The van der Waals surface area contributed by atoms with Crippen LogP contribution in [0.1, 0.15) is 19.8 Å². The number of nitriles is 1. The van der Waals surface area contributed by atoms with Crippen LogP contribution in [-0.4, -0.2) is 27.2 Å². The predicted molar refractivity (Wildman–Crippen MR) is 72.3 cm³/mol. The summed E-state index contributed by atoms with van der Waals surface area (Å²) in [5.41, 5.74) is -0.170. The molecule has 0 aliphatic heterocycles. The largest absolute Gasteiger partial charge is 0.342 e. The van der Waals surface area contributed by atoms with E-state index in [1.165, 1.54) is 28.1 Å². The Morgan fingerprint density at radius 3 is 3.11 bits per heavy atom. The molecule has 0 aromatic carbocycles. The van der Waals surface area contributed by atoms with Gasteiger partial charge in [0.25, 0.3) is 5.56 Å². The monoisotopic (exact) mass is 275 g/mol. The van der Waals surface area contributed by atoms with E-state index >= 15 is 0 Å². The van der Waals surface area contributed by atoms with Gasteiger partial charge in [0.1, 0.15) is 0 Å². The number of rotatable bonds is 4. The third-order valence-electron chi connectivity index (χ3n) is 3.08. The second-order valence-corrected chi connectivity index (χ2v) is 5.71. The quantitative estimate of drug-likeness (QED) is 0.840. The third kappa shape index (κ3) is 2.31. The van der Waals surface area contributed by atoms with Crippen molar-refractivity contribution in [2.75, 3.05) is 11.4 Å². The lowest BCUT2D eigenvalue weighted by Gasteiger charge is -2.21. The molecule has 0 bridgehead atoms. The van der Waals surface area contributed by atoms with Crippen LogP contribution in [-0.2, 0) is 0 Å². The summed E-state index contributed by atoms with van der Waals surface area (Å²) in [5, 5.41) is 14.1. The maximum atomic E-state index is 11.7. The van der Waals surface area contributed by atoms with Crippen molar-refractivity contribution in [2.45, 2.75) is 25.8 Å². The van der Waals surface area contributed by atoms with Gasteiger partial charge in [-0.2, -0.15) is 9.78 Å². The van der Waals surface area contributed by atoms with Gasteiger partial charge in [-0.15, -0.1) is 5.10 Å². The van der Waals surface area contributed by atoms with Gasteiger partial charge in [0.15, 0.2) is 0 Å². The van der Waals surface area contributed by atoms with E-state index in [0.717, 1.165) is 18.0 Å². The van der Waals surface area contributed by atoms with Gasteiger partial charge in [-0.3, -0.25) is 4.79 Å². The Hall–Kier alpha value is -1.94. The lowest BCUT2D eigenvalue weighted by molar-refractivity contribution is 0.662. The zero-order valence-corrected chi connectivity index (χ0v) is 11.3. The summed E-state index contributed by atoms with van der Waals surface area (Å²) >= 11 is 1.40. The second-order valence-electron chi connectivity index (χ2n) is 4.78. The second kappa shape index (κ2) is 4.63. The predicted octanol–water partition coefficient (Wildman–Crippen LogP) is 1.28. The molecule has 0 N–H and O–H groups in total. The van der Waals surface area contributed by atoms with Gasteiger partial charge < -0.3 is 4.90 Å². The molecule has 0 spiro atoms. The fourth-order valence-corrected chi connectivity index (χ4v) is 2.91. The molecule has 19 heavy (non-hydrogen) atoms. The molecule has 0 saturated heterocycles. The number of hydrogen-bond donors (Lipinski definition) is 0. The first-order valence-corrected chi connectivity index (χ1v) is 7.02. The highest BCUT2D eigenvalue weighted by Crippen LogP contribution is 2.34. The highest BCUT2D eigenvalue weighted by atomic mass is 32.1. The van der Waals surface area contributed by atoms with Gasteiger partial charge in [0, 0.05) is 24.8 Å². The van der Waals surface area contributed by atoms with Gasteiger partial charge in [0.2, 0.25) is 10.1 Å². The summed E-state index contributed by atoms with van der Waals surface area (Å²) < 4.78 is 1.33. The Morgan fingerprint density at radius 1 is 1.68 bits per heavy atom. The van der Waals surface area contributed by atoms with Crippen molar-refractivity contribution in [2.24, 2.45) is 5.92 Å². The van der Waals surface area contributed by atoms with Crippen LogP contribution in [0.2, 0.25) is 0 Å². The molecule has 2 aromatic heterocycles. The van der Waals surface area contributed by atoms with Crippen molar-refractivity contribution < 1.29 is 0 Å². The van der Waals surface area contributed by atoms with Crippen molar-refractivity contribution in [3.63, 3.8) is 0 Å². The molecule has 3 rings (SSSR count). The molecule has 98 valence electrons. The molecular formula is C12H13N5OS. The molecule has 1 aliphatic carbocycles. The minimum absolute atomic E-state index is 0.0581. The third-order valence-corrected chi connectivity index (χ3v) is 4.04. The normalized spacial score (nSPS) is 16.2. The van der Waals surface area contributed by atoms with Crippen molar-refractivity contribution in [3.05, 3.63) is 22.6 Å². The van der Waals surface area contributed by atoms with E-state index in [1.54, 1.807) is 0 Å². The molecule has 7 heteroatoms. The first-order valence-electron chi connectivity index (χ1n) is 6.20. The smallest absolute Gasteiger partial charge is 0.275 e. The Morgan fingerprint density at radius 2 is 2.47 bits per heavy atom. The van der Waals surface area contributed by atoms with Gasteiger partial charge in [0.05, 0.1) is 12.0 Å². The molecule has 2 aromatic rings. The number of aromatic nitrogens is 3. The minimum atomic E-state index is -0.170. The molecule has 0 amide bonds. The number of anilines is 1. The van der Waals surface area contributed by atoms with E-state index < -0.39 is 0 Å². The van der Waals surface area contributed by atoms with Gasteiger partial charge in [-0.05, 0) is 19.8 Å². The Kier molecular flexibility index (Phi) is 2.95. The number of hydrogen-bond acceptors (Lipinski definition) is 6. The fraction of sp³-hybridized carbons (Fsp3) is 0.500. The molecule has 2 heterocycles. The molecule has 1 saturated carbocycles. The first kappa shape index (κ1) is 12.1. The zero-order chi connectivity index (χ0) is 13.4. The average Bonchev–Trinajstić information content (AvgIpc) is 3.14. The molecule has 1 atom stereocenters. The topological polar surface area (TPSA) is 74.3 Å². The van der Waals surface area contributed by atoms with E-state index in [2.05, 4.69) is 21.1 Å². The van der Waals surface area contributed by atoms with Crippen LogP contribution in [0.5, 0.6) is 0 Å². The van der Waals surface area contributed by atoms with E-state index in [1.807, 2.05) is 6.92 Å². The van der Waals surface area contributed by atoms with Crippen molar-refractivity contribution in [1.82, 2.24) is 14.6 Å². The van der Waals surface area contributed by atoms with Crippen LogP contribution in [0.3, 0.4) is 0 Å². The Labute approximate surface area is 113 Å². The van der Waals surface area contributed by atoms with Crippen LogP contribution >= 0.6 is 11.3 Å². The Bertz CT molecular complexity index is 696. The number of nitrogens with zero attached hydrogens (tertiary/aromatic N) is 5. The maximum absolute atomic E-state index is 11.7. The highest BCUT2D eigenvalue weighted by Gasteiger charge is 2.32. The van der Waals surface area contributed by atoms with Gasteiger partial charge >= 0.3 is 0 Å². The first-order chi connectivity index (χ1) is 9.19. The van der Waals surface area contributed by atoms with E-state index in [9.17, 15) is 4.79 Å². The van der Waals surface area contributed by atoms with Crippen LogP contribution in [0.4, 0.5) is 5.13 Å². The lowest BCUT2D eigenvalue weighted by Crippen LogP contribution is -2.30. The van der Waals surface area contributed by atoms with Gasteiger partial charge in [-0.25, -0.2) is 4.98 Å². The summed E-state index contributed by atoms with van der Waals surface area (Å²) in [6.07, 6.45) is 3.74. The SMILES string of the molecule is C[C@@H](C#N)CN(c1nn2c(=O)ccnc2s1)C1CC1. The molecule has 0 unspecified atom stereocenters. The van der Waals surface area contributed by atoms with Crippen LogP contribution in [0, 0.1) is 17.2 Å². The van der Waals surface area contributed by atoms with E-state index in [4.69, 9.17) is 5.26 Å². The molecule has 1 aliphatic rings. The molecule has 6 nitrogen and oxygen atoms in total. The summed E-state index contributed by atoms with van der Waals surface area (Å²) in [6.45, 7) is 2.54. The molecular weight excluding hydrogens is 262 g/mol. The van der Waals surface area contributed by atoms with E-state index in [-0.39, 0.29) is 11.5 Å². The maximum Gasteiger partial charge on any atom is 0.275 e. The van der Waals surface area contributed by atoms with Crippen LogP contribution in [0.25, 0.3) is 4.96 Å². The van der Waals surface area contributed by atoms with Gasteiger partial charge in [-0.1, -0.05) is 11.3 Å². The summed E-state index contributed by atoms with van der Waals surface area (Å²) in [7, 11) is 0. The molecule has 1 fully saturated rings. The number of fused-ring (bicyclic) bond motifs is 1. The van der Waals surface area contributed by atoms with Crippen LogP contribution < -0.4 is 10.5 Å². The summed E-state index contributed by atoms with van der Waals surface area (Å²) in [4.78, 5) is 18.6. The molecule has 0 radical (unpaired) electrons. The van der Waals surface area contributed by atoms with E-state index in [0.29, 0.717) is 17.5 Å². The van der Waals surface area contributed by atoms with Crippen molar-refractivity contribution in [1.29, 1.82) is 5.26 Å². The zero-order valence-electron chi connectivity index (χ0n) is 10.5. The fourth-order valence-electron chi connectivity index (χ4n) is 1.96.